The van der Waals surface area contributed by atoms with Gasteiger partial charge in [0, 0.05) is 37.4 Å². The zero-order valence-electron chi connectivity index (χ0n) is 18.5. The number of rotatable bonds is 5. The number of para-hydroxylation sites is 1. The van der Waals surface area contributed by atoms with Crippen molar-refractivity contribution in [3.8, 4) is 11.1 Å². The highest BCUT2D eigenvalue weighted by atomic mass is 32.2. The van der Waals surface area contributed by atoms with Crippen molar-refractivity contribution in [2.24, 2.45) is 0 Å². The van der Waals surface area contributed by atoms with E-state index in [1.165, 1.54) is 0 Å². The molecule has 0 radical (unpaired) electrons. The molecule has 6 nitrogen and oxygen atoms in total. The molecule has 0 saturated carbocycles. The summed E-state index contributed by atoms with van der Waals surface area (Å²) in [6.07, 6.45) is 2.26. The van der Waals surface area contributed by atoms with E-state index in [2.05, 4.69) is 0 Å². The van der Waals surface area contributed by atoms with E-state index in [9.17, 15) is 14.4 Å². The summed E-state index contributed by atoms with van der Waals surface area (Å²) in [6, 6.07) is 18.9. The zero-order valence-corrected chi connectivity index (χ0v) is 19.3. The van der Waals surface area contributed by atoms with Crippen LogP contribution < -0.4 is 5.56 Å². The van der Waals surface area contributed by atoms with Gasteiger partial charge in [0.15, 0.2) is 0 Å². The number of fused-ring (bicyclic) bond motifs is 1. The molecule has 0 spiro atoms. The van der Waals surface area contributed by atoms with Crippen LogP contribution in [0.1, 0.15) is 19.3 Å². The van der Waals surface area contributed by atoms with Crippen LogP contribution in [0.25, 0.3) is 22.0 Å². The second-order valence-electron chi connectivity index (χ2n) is 8.60. The fourth-order valence-corrected chi connectivity index (χ4v) is 5.94. The molecule has 2 saturated heterocycles. The van der Waals surface area contributed by atoms with Crippen molar-refractivity contribution in [2.75, 3.05) is 24.7 Å². The molecule has 2 amide bonds. The molecule has 0 N–H and O–H groups in total. The summed E-state index contributed by atoms with van der Waals surface area (Å²) in [5.41, 5.74) is 2.20. The van der Waals surface area contributed by atoms with E-state index in [1.807, 2.05) is 65.6 Å². The number of pyridine rings is 1. The third-order valence-electron chi connectivity index (χ3n) is 6.54. The molecule has 2 fully saturated rings. The minimum Gasteiger partial charge on any atom is -0.341 e. The largest absolute Gasteiger partial charge is 0.341 e. The maximum absolute atomic E-state index is 13.4. The van der Waals surface area contributed by atoms with Crippen molar-refractivity contribution in [3.05, 3.63) is 71.0 Å². The van der Waals surface area contributed by atoms with Gasteiger partial charge in [-0.2, -0.15) is 0 Å². The van der Waals surface area contributed by atoms with E-state index >= 15 is 0 Å². The summed E-state index contributed by atoms with van der Waals surface area (Å²) >= 11 is 1.62. The lowest BCUT2D eigenvalue weighted by Gasteiger charge is -2.27. The predicted octanol–water partition coefficient (Wildman–Crippen LogP) is 3.58. The van der Waals surface area contributed by atoms with Gasteiger partial charge in [-0.05, 0) is 35.9 Å². The van der Waals surface area contributed by atoms with Crippen LogP contribution in [0.2, 0.25) is 0 Å². The quantitative estimate of drug-likeness (QED) is 0.583. The molecule has 170 valence electrons. The Labute approximate surface area is 197 Å². The second kappa shape index (κ2) is 9.43. The van der Waals surface area contributed by atoms with Crippen LogP contribution in [0.4, 0.5) is 0 Å². The summed E-state index contributed by atoms with van der Waals surface area (Å²) < 4.78 is 1.70. The lowest BCUT2D eigenvalue weighted by atomic mass is 10.0. The van der Waals surface area contributed by atoms with E-state index in [-0.39, 0.29) is 36.4 Å². The summed E-state index contributed by atoms with van der Waals surface area (Å²) in [7, 11) is 0. The van der Waals surface area contributed by atoms with Gasteiger partial charge in [0.05, 0.1) is 11.4 Å². The molecular formula is C26H27N3O3S. The average Bonchev–Trinajstić information content (AvgIpc) is 3.56. The molecule has 0 bridgehead atoms. The SMILES string of the molecule is O=C([C@@H]1CSCN1C(=O)CCn1c(=O)c(-c2ccccc2)cc2ccccc21)N1CCCC1. The van der Waals surface area contributed by atoms with E-state index in [0.717, 1.165) is 42.4 Å². The number of carbonyl (C=O) groups is 2. The Balaban J connectivity index is 1.40. The number of amides is 2. The van der Waals surface area contributed by atoms with E-state index in [4.69, 9.17) is 0 Å². The van der Waals surface area contributed by atoms with Gasteiger partial charge in [0.25, 0.3) is 5.56 Å². The highest BCUT2D eigenvalue weighted by Gasteiger charge is 2.37. The maximum atomic E-state index is 13.4. The number of hydrogen-bond acceptors (Lipinski definition) is 4. The molecule has 1 aromatic heterocycles. The molecular weight excluding hydrogens is 434 g/mol. The Kier molecular flexibility index (Phi) is 6.22. The van der Waals surface area contributed by atoms with Crippen molar-refractivity contribution in [1.29, 1.82) is 0 Å². The van der Waals surface area contributed by atoms with Gasteiger partial charge in [-0.1, -0.05) is 48.5 Å². The first kappa shape index (κ1) is 21.8. The van der Waals surface area contributed by atoms with Crippen LogP contribution in [-0.4, -0.2) is 56.9 Å². The number of likely N-dealkylation sites (tertiary alicyclic amines) is 1. The molecule has 1 atom stereocenters. The number of thioether (sulfide) groups is 1. The first-order chi connectivity index (χ1) is 16.1. The van der Waals surface area contributed by atoms with Crippen molar-refractivity contribution in [3.63, 3.8) is 0 Å². The standard InChI is InChI=1S/C26H27N3O3S/c30-24(29-18-33-17-23(29)26(32)27-13-6-7-14-27)12-15-28-22-11-5-4-10-20(22)16-21(25(28)31)19-8-2-1-3-9-19/h1-5,8-11,16,23H,6-7,12-15,17-18H2/t23-/m0/s1. The number of nitrogens with zero attached hydrogens (tertiary/aromatic N) is 3. The summed E-state index contributed by atoms with van der Waals surface area (Å²) in [5, 5.41) is 0.960. The average molecular weight is 462 g/mol. The third kappa shape index (κ3) is 4.29. The van der Waals surface area contributed by atoms with Crippen LogP contribution in [0.3, 0.4) is 0 Å². The van der Waals surface area contributed by atoms with Gasteiger partial charge in [-0.15, -0.1) is 11.8 Å². The Morgan fingerprint density at radius 2 is 1.70 bits per heavy atom. The molecule has 0 aliphatic carbocycles. The molecule has 5 rings (SSSR count). The molecule has 7 heteroatoms. The van der Waals surface area contributed by atoms with E-state index < -0.39 is 0 Å². The van der Waals surface area contributed by atoms with Gasteiger partial charge >= 0.3 is 0 Å². The number of benzene rings is 2. The van der Waals surface area contributed by atoms with Gasteiger partial charge in [-0.3, -0.25) is 14.4 Å². The molecule has 33 heavy (non-hydrogen) atoms. The van der Waals surface area contributed by atoms with E-state index in [1.54, 1.807) is 21.2 Å². The number of hydrogen-bond donors (Lipinski definition) is 0. The maximum Gasteiger partial charge on any atom is 0.258 e. The van der Waals surface area contributed by atoms with Gasteiger partial charge in [-0.25, -0.2) is 0 Å². The molecule has 2 aliphatic heterocycles. The van der Waals surface area contributed by atoms with Gasteiger partial charge in [0.2, 0.25) is 11.8 Å². The molecule has 0 unspecified atom stereocenters. The van der Waals surface area contributed by atoms with Crippen LogP contribution in [0.5, 0.6) is 0 Å². The van der Waals surface area contributed by atoms with Crippen molar-refractivity contribution in [1.82, 2.24) is 14.4 Å². The summed E-state index contributed by atoms with van der Waals surface area (Å²) in [5.74, 6) is 1.18. The van der Waals surface area contributed by atoms with Gasteiger partial charge in [0.1, 0.15) is 6.04 Å². The van der Waals surface area contributed by atoms with Crippen molar-refractivity contribution >= 4 is 34.5 Å². The lowest BCUT2D eigenvalue weighted by molar-refractivity contribution is -0.142. The fourth-order valence-electron chi connectivity index (χ4n) is 4.77. The molecule has 3 heterocycles. The van der Waals surface area contributed by atoms with Crippen LogP contribution in [-0.2, 0) is 16.1 Å². The molecule has 2 aromatic carbocycles. The fraction of sp³-hybridized carbons (Fsp3) is 0.346. The van der Waals surface area contributed by atoms with Gasteiger partial charge < -0.3 is 14.4 Å². The summed E-state index contributed by atoms with van der Waals surface area (Å²) in [4.78, 5) is 43.1. The Bertz CT molecular complexity index is 1230. The van der Waals surface area contributed by atoms with Crippen molar-refractivity contribution in [2.45, 2.75) is 31.8 Å². The van der Waals surface area contributed by atoms with E-state index in [0.29, 0.717) is 17.2 Å². The van der Waals surface area contributed by atoms with Crippen LogP contribution in [0, 0.1) is 0 Å². The highest BCUT2D eigenvalue weighted by molar-refractivity contribution is 7.99. The molecule has 3 aromatic rings. The Hall–Kier alpha value is -3.06. The topological polar surface area (TPSA) is 62.6 Å². The first-order valence-corrected chi connectivity index (χ1v) is 12.6. The van der Waals surface area contributed by atoms with Crippen LogP contribution in [0.15, 0.2) is 65.5 Å². The second-order valence-corrected chi connectivity index (χ2v) is 9.60. The Morgan fingerprint density at radius 1 is 0.970 bits per heavy atom. The first-order valence-electron chi connectivity index (χ1n) is 11.5. The number of aromatic nitrogens is 1. The third-order valence-corrected chi connectivity index (χ3v) is 7.55. The predicted molar refractivity (Wildman–Crippen MR) is 132 cm³/mol. The lowest BCUT2D eigenvalue weighted by Crippen LogP contribution is -2.48. The zero-order chi connectivity index (χ0) is 22.8. The minimum absolute atomic E-state index is 0.0690. The monoisotopic (exact) mass is 461 g/mol. The smallest absolute Gasteiger partial charge is 0.258 e. The highest BCUT2D eigenvalue weighted by Crippen LogP contribution is 2.26. The number of aryl methyl sites for hydroxylation is 1. The van der Waals surface area contributed by atoms with Crippen LogP contribution >= 0.6 is 11.8 Å². The normalized spacial score (nSPS) is 18.2. The molecule has 2 aliphatic rings. The number of carbonyl (C=O) groups excluding carboxylic acids is 2. The summed E-state index contributed by atoms with van der Waals surface area (Å²) in [6.45, 7) is 1.86. The van der Waals surface area contributed by atoms with Crippen molar-refractivity contribution < 1.29 is 9.59 Å². The Morgan fingerprint density at radius 3 is 2.48 bits per heavy atom. The minimum atomic E-state index is -0.385.